The third kappa shape index (κ3) is 6.47. The van der Waals surface area contributed by atoms with Gasteiger partial charge < -0.3 is 29.9 Å². The molecule has 42 heavy (non-hydrogen) atoms. The highest BCUT2D eigenvalue weighted by Gasteiger charge is 2.48. The van der Waals surface area contributed by atoms with E-state index < -0.39 is 5.54 Å². The van der Waals surface area contributed by atoms with Crippen LogP contribution in [0.5, 0.6) is 11.5 Å². The zero-order chi connectivity index (χ0) is 29.5. The van der Waals surface area contributed by atoms with Crippen LogP contribution >= 0.6 is 24.0 Å². The van der Waals surface area contributed by atoms with E-state index in [4.69, 9.17) is 21.7 Å². The second-order valence-corrected chi connectivity index (χ2v) is 11.9. The molecule has 2 fully saturated rings. The molecule has 2 amide bonds. The van der Waals surface area contributed by atoms with Gasteiger partial charge in [0, 0.05) is 31.5 Å². The Kier molecular flexibility index (Phi) is 9.48. The number of pyridine rings is 1. The van der Waals surface area contributed by atoms with E-state index in [-0.39, 0.29) is 30.9 Å². The number of thiocarbonyl (C=S) groups is 1. The predicted molar refractivity (Wildman–Crippen MR) is 169 cm³/mol. The predicted octanol–water partition coefficient (Wildman–Crippen LogP) is 4.26. The first-order valence-corrected chi connectivity index (χ1v) is 15.4. The topological polar surface area (TPSA) is 96.0 Å². The van der Waals surface area contributed by atoms with E-state index in [9.17, 15) is 9.59 Å². The zero-order valence-electron chi connectivity index (χ0n) is 23.7. The van der Waals surface area contributed by atoms with Gasteiger partial charge in [-0.2, -0.15) is 11.8 Å². The van der Waals surface area contributed by atoms with Crippen molar-refractivity contribution in [1.82, 2.24) is 20.1 Å². The monoisotopic (exact) mass is 605 g/mol. The van der Waals surface area contributed by atoms with E-state index in [1.165, 1.54) is 0 Å². The van der Waals surface area contributed by atoms with Crippen molar-refractivity contribution in [3.63, 3.8) is 0 Å². The molecule has 1 aromatic heterocycles. The fourth-order valence-electron chi connectivity index (χ4n) is 5.47. The van der Waals surface area contributed by atoms with Gasteiger partial charge in [-0.25, -0.2) is 0 Å². The number of carbonyl (C=O) groups excluding carboxylic acids is 2. The van der Waals surface area contributed by atoms with Crippen LogP contribution in [0.25, 0.3) is 0 Å². The van der Waals surface area contributed by atoms with Crippen LogP contribution in [0, 0.1) is 0 Å². The number of nitrogens with zero attached hydrogens (tertiary/aromatic N) is 3. The van der Waals surface area contributed by atoms with Crippen LogP contribution in [0.4, 0.5) is 5.69 Å². The average molecular weight is 606 g/mol. The molecule has 3 heterocycles. The van der Waals surface area contributed by atoms with Crippen molar-refractivity contribution in [3.05, 3.63) is 84.2 Å². The number of carbonyl (C=O) groups is 2. The Bertz CT molecular complexity index is 1400. The van der Waals surface area contributed by atoms with Gasteiger partial charge in [-0.05, 0) is 65.9 Å². The quantitative estimate of drug-likeness (QED) is 0.329. The minimum Gasteiger partial charge on any atom is -0.497 e. The number of benzene rings is 2. The number of thioether (sulfide) groups is 1. The number of methoxy groups -OCH3 is 2. The van der Waals surface area contributed by atoms with Crippen molar-refractivity contribution in [2.75, 3.05) is 44.1 Å². The molecule has 2 N–H and O–H groups in total. The summed E-state index contributed by atoms with van der Waals surface area (Å²) in [6, 6.07) is 19.1. The summed E-state index contributed by atoms with van der Waals surface area (Å²) in [5.41, 5.74) is 1.40. The second-order valence-electron chi connectivity index (χ2n) is 10.3. The van der Waals surface area contributed by atoms with Crippen LogP contribution in [0.1, 0.15) is 30.0 Å². The number of nitrogens with one attached hydrogen (secondary N) is 2. The Morgan fingerprint density at radius 1 is 1.12 bits per heavy atom. The maximum absolute atomic E-state index is 14.3. The molecule has 0 aliphatic carbocycles. The first-order chi connectivity index (χ1) is 20.4. The van der Waals surface area contributed by atoms with E-state index in [0.29, 0.717) is 41.7 Å². The summed E-state index contributed by atoms with van der Waals surface area (Å²) < 4.78 is 10.9. The van der Waals surface area contributed by atoms with Crippen molar-refractivity contribution >= 4 is 46.6 Å². The Labute approximate surface area is 256 Å². The Morgan fingerprint density at radius 3 is 2.60 bits per heavy atom. The molecule has 220 valence electrons. The molecule has 2 saturated heterocycles. The van der Waals surface area contributed by atoms with Gasteiger partial charge in [0.25, 0.3) is 5.91 Å². The number of hydrogen-bond donors (Lipinski definition) is 2. The SMILES string of the molecule is COc1ccc(NC(=O)C2(N(Cc3cccnc3)C(=O)CN3C[C@H](c4ccccc4)NC3=S)CCSCC2)c(OC)c1. The van der Waals surface area contributed by atoms with E-state index in [1.54, 1.807) is 61.5 Å². The summed E-state index contributed by atoms with van der Waals surface area (Å²) in [5, 5.41) is 6.96. The summed E-state index contributed by atoms with van der Waals surface area (Å²) in [5.74, 6) is 2.20. The maximum atomic E-state index is 14.3. The first kappa shape index (κ1) is 29.7. The summed E-state index contributed by atoms with van der Waals surface area (Å²) in [6.07, 6.45) is 4.47. The van der Waals surface area contributed by atoms with Crippen molar-refractivity contribution < 1.29 is 19.1 Å². The lowest BCUT2D eigenvalue weighted by molar-refractivity contribution is -0.147. The van der Waals surface area contributed by atoms with Crippen LogP contribution in [0.2, 0.25) is 0 Å². The van der Waals surface area contributed by atoms with Gasteiger partial charge in [-0.3, -0.25) is 14.6 Å². The highest BCUT2D eigenvalue weighted by atomic mass is 32.2. The molecule has 2 aromatic carbocycles. The van der Waals surface area contributed by atoms with Gasteiger partial charge in [0.05, 0.1) is 32.5 Å². The average Bonchev–Trinajstić information content (AvgIpc) is 3.40. The lowest BCUT2D eigenvalue weighted by Crippen LogP contribution is -2.61. The fraction of sp³-hybridized carbons (Fsp3) is 0.355. The van der Waals surface area contributed by atoms with Crippen molar-refractivity contribution in [1.29, 1.82) is 0 Å². The van der Waals surface area contributed by atoms with Crippen LogP contribution in [-0.2, 0) is 16.1 Å². The van der Waals surface area contributed by atoms with Crippen LogP contribution in [0.3, 0.4) is 0 Å². The largest absolute Gasteiger partial charge is 0.497 e. The van der Waals surface area contributed by atoms with Gasteiger partial charge >= 0.3 is 0 Å². The van der Waals surface area contributed by atoms with E-state index >= 15 is 0 Å². The molecular weight excluding hydrogens is 571 g/mol. The van der Waals surface area contributed by atoms with E-state index in [0.717, 1.165) is 22.6 Å². The maximum Gasteiger partial charge on any atom is 0.250 e. The molecule has 3 aromatic rings. The number of anilines is 1. The lowest BCUT2D eigenvalue weighted by atomic mass is 9.87. The standard InChI is InChI=1S/C31H35N5O4S2/c1-39-24-10-11-25(27(17-24)40-2)33-29(38)31(12-15-42-16-13-31)36(19-22-7-6-14-32-18-22)28(37)21-35-20-26(34-30(35)41)23-8-4-3-5-9-23/h3-11,14,17-18,26H,12-13,15-16,19-21H2,1-2H3,(H,33,38)(H,34,41)/t26-/m1/s1. The molecule has 0 saturated carbocycles. The molecule has 0 unspecified atom stereocenters. The smallest absolute Gasteiger partial charge is 0.250 e. The number of hydrogen-bond acceptors (Lipinski definition) is 7. The van der Waals surface area contributed by atoms with Crippen LogP contribution < -0.4 is 20.1 Å². The minimum absolute atomic E-state index is 0.0100. The molecule has 1 atom stereocenters. The number of rotatable bonds is 10. The molecule has 0 bridgehead atoms. The molecule has 5 rings (SSSR count). The minimum atomic E-state index is -1.07. The summed E-state index contributed by atoms with van der Waals surface area (Å²) >= 11 is 7.44. The Balaban J connectivity index is 1.44. The van der Waals surface area contributed by atoms with Crippen molar-refractivity contribution in [2.24, 2.45) is 0 Å². The van der Waals surface area contributed by atoms with Crippen molar-refractivity contribution in [3.8, 4) is 11.5 Å². The van der Waals surface area contributed by atoms with Gasteiger partial charge in [-0.1, -0.05) is 36.4 Å². The van der Waals surface area contributed by atoms with E-state index in [2.05, 4.69) is 15.6 Å². The highest BCUT2D eigenvalue weighted by molar-refractivity contribution is 7.99. The van der Waals surface area contributed by atoms with Crippen molar-refractivity contribution in [2.45, 2.75) is 31.0 Å². The Hall–Kier alpha value is -3.83. The van der Waals surface area contributed by atoms with Gasteiger partial charge in [0.15, 0.2) is 5.11 Å². The molecule has 2 aliphatic rings. The molecule has 0 spiro atoms. The lowest BCUT2D eigenvalue weighted by Gasteiger charge is -2.45. The Morgan fingerprint density at radius 2 is 1.90 bits per heavy atom. The van der Waals surface area contributed by atoms with Crippen LogP contribution in [0.15, 0.2) is 73.1 Å². The normalized spacial score (nSPS) is 17.7. The first-order valence-electron chi connectivity index (χ1n) is 13.8. The molecule has 2 aliphatic heterocycles. The number of aromatic nitrogens is 1. The molecule has 0 radical (unpaired) electrons. The number of amides is 2. The summed E-state index contributed by atoms with van der Waals surface area (Å²) in [6.45, 7) is 0.873. The molecular formula is C31H35N5O4S2. The van der Waals surface area contributed by atoms with Gasteiger partial charge in [-0.15, -0.1) is 0 Å². The van der Waals surface area contributed by atoms with Gasteiger partial charge in [0.2, 0.25) is 5.91 Å². The third-order valence-corrected chi connectivity index (χ3v) is 9.16. The van der Waals surface area contributed by atoms with E-state index in [1.807, 2.05) is 47.4 Å². The third-order valence-electron chi connectivity index (χ3n) is 7.80. The zero-order valence-corrected chi connectivity index (χ0v) is 25.4. The number of ether oxygens (including phenoxy) is 2. The summed E-state index contributed by atoms with van der Waals surface area (Å²) in [4.78, 5) is 36.5. The highest BCUT2D eigenvalue weighted by Crippen LogP contribution is 2.37. The van der Waals surface area contributed by atoms with Gasteiger partial charge in [0.1, 0.15) is 17.0 Å². The second kappa shape index (κ2) is 13.4. The van der Waals surface area contributed by atoms with Crippen LogP contribution in [-0.4, -0.2) is 76.1 Å². The fourth-order valence-corrected chi connectivity index (χ4v) is 6.92. The molecule has 11 heteroatoms. The summed E-state index contributed by atoms with van der Waals surface area (Å²) in [7, 11) is 3.12. The molecule has 9 nitrogen and oxygen atoms in total.